The first kappa shape index (κ1) is 15.0. The van der Waals surface area contributed by atoms with Gasteiger partial charge in [0, 0.05) is 18.5 Å². The van der Waals surface area contributed by atoms with Crippen LogP contribution in [0.1, 0.15) is 62.2 Å². The summed E-state index contributed by atoms with van der Waals surface area (Å²) < 4.78 is 5.58. The van der Waals surface area contributed by atoms with Gasteiger partial charge in [-0.25, -0.2) is 0 Å². The molecule has 1 aromatic rings. The number of rotatable bonds is 5. The van der Waals surface area contributed by atoms with Gasteiger partial charge in [0.05, 0.1) is 0 Å². The molecule has 4 unspecified atom stereocenters. The molecule has 4 rings (SSSR count). The molecule has 0 saturated heterocycles. The quantitative estimate of drug-likeness (QED) is 0.878. The molecule has 3 aliphatic rings. The van der Waals surface area contributed by atoms with Crippen molar-refractivity contribution in [3.05, 3.63) is 29.3 Å². The zero-order chi connectivity index (χ0) is 16.0. The first-order valence-electron chi connectivity index (χ1n) is 8.86. The Morgan fingerprint density at radius 1 is 1.48 bits per heavy atom. The molecule has 23 heavy (non-hydrogen) atoms. The van der Waals surface area contributed by atoms with Crippen LogP contribution in [-0.4, -0.2) is 24.2 Å². The molecule has 4 atom stereocenters. The van der Waals surface area contributed by atoms with Gasteiger partial charge in [0.25, 0.3) is 0 Å². The standard InChI is InChI=1S/C19H25NO3/c1-2-17(22)20-9-7-12-6-8-19(12)10-14(19)13-4-3-5-16-18(13)15(21)11-23-16/h3-5,12,14-15,21H,2,6-11H2,1H3,(H,20,22). The third-order valence-corrected chi connectivity index (χ3v) is 6.23. The van der Waals surface area contributed by atoms with E-state index in [1.165, 1.54) is 24.8 Å². The summed E-state index contributed by atoms with van der Waals surface area (Å²) >= 11 is 0. The zero-order valence-electron chi connectivity index (χ0n) is 13.7. The molecule has 1 amide bonds. The van der Waals surface area contributed by atoms with E-state index in [1.54, 1.807) is 0 Å². The Morgan fingerprint density at radius 2 is 2.35 bits per heavy atom. The van der Waals surface area contributed by atoms with Crippen molar-refractivity contribution in [3.8, 4) is 5.75 Å². The Bertz CT molecular complexity index is 629. The maximum absolute atomic E-state index is 11.4. The maximum atomic E-state index is 11.4. The molecule has 1 aliphatic heterocycles. The summed E-state index contributed by atoms with van der Waals surface area (Å²) in [5.41, 5.74) is 2.75. The van der Waals surface area contributed by atoms with Crippen LogP contribution in [-0.2, 0) is 4.79 Å². The summed E-state index contributed by atoms with van der Waals surface area (Å²) in [6, 6.07) is 6.18. The van der Waals surface area contributed by atoms with Crippen LogP contribution in [0.3, 0.4) is 0 Å². The normalized spacial score (nSPS) is 33.7. The fraction of sp³-hybridized carbons (Fsp3) is 0.632. The van der Waals surface area contributed by atoms with E-state index in [9.17, 15) is 9.90 Å². The number of carbonyl (C=O) groups is 1. The van der Waals surface area contributed by atoms with Crippen molar-refractivity contribution in [2.45, 2.75) is 51.0 Å². The van der Waals surface area contributed by atoms with E-state index in [1.807, 2.05) is 19.1 Å². The molecule has 2 N–H and O–H groups in total. The lowest BCUT2D eigenvalue weighted by Crippen LogP contribution is -2.33. The first-order valence-corrected chi connectivity index (χ1v) is 8.86. The Hall–Kier alpha value is -1.55. The smallest absolute Gasteiger partial charge is 0.219 e. The van der Waals surface area contributed by atoms with Crippen LogP contribution in [0.15, 0.2) is 18.2 Å². The summed E-state index contributed by atoms with van der Waals surface area (Å²) in [6.07, 6.45) is 4.95. The Kier molecular flexibility index (Phi) is 3.60. The molecule has 0 aromatic heterocycles. The highest BCUT2D eigenvalue weighted by atomic mass is 16.5. The van der Waals surface area contributed by atoms with Gasteiger partial charge < -0.3 is 15.2 Å². The molecule has 0 bridgehead atoms. The van der Waals surface area contributed by atoms with Crippen LogP contribution in [0, 0.1) is 11.3 Å². The van der Waals surface area contributed by atoms with E-state index in [2.05, 4.69) is 11.4 Å². The van der Waals surface area contributed by atoms with Gasteiger partial charge in [-0.2, -0.15) is 0 Å². The predicted molar refractivity (Wildman–Crippen MR) is 87.3 cm³/mol. The number of aliphatic hydroxyl groups excluding tert-OH is 1. The third kappa shape index (κ3) is 2.35. The molecule has 1 heterocycles. The lowest BCUT2D eigenvalue weighted by molar-refractivity contribution is -0.120. The number of aliphatic hydroxyl groups is 1. The van der Waals surface area contributed by atoms with E-state index in [-0.39, 0.29) is 5.91 Å². The molecule has 1 aromatic carbocycles. The van der Waals surface area contributed by atoms with Crippen molar-refractivity contribution in [2.75, 3.05) is 13.2 Å². The zero-order valence-corrected chi connectivity index (χ0v) is 13.7. The number of benzene rings is 1. The van der Waals surface area contributed by atoms with Crippen LogP contribution in [0.2, 0.25) is 0 Å². The molecule has 4 nitrogen and oxygen atoms in total. The monoisotopic (exact) mass is 315 g/mol. The van der Waals surface area contributed by atoms with Gasteiger partial charge in [-0.15, -0.1) is 0 Å². The van der Waals surface area contributed by atoms with Crippen molar-refractivity contribution in [1.29, 1.82) is 0 Å². The summed E-state index contributed by atoms with van der Waals surface area (Å²) in [5.74, 6) is 2.28. The van der Waals surface area contributed by atoms with Crippen LogP contribution >= 0.6 is 0 Å². The van der Waals surface area contributed by atoms with Gasteiger partial charge >= 0.3 is 0 Å². The second-order valence-corrected chi connectivity index (χ2v) is 7.30. The highest BCUT2D eigenvalue weighted by molar-refractivity contribution is 5.75. The lowest BCUT2D eigenvalue weighted by atomic mass is 9.66. The van der Waals surface area contributed by atoms with E-state index in [4.69, 9.17) is 4.74 Å². The van der Waals surface area contributed by atoms with Gasteiger partial charge in [-0.1, -0.05) is 19.1 Å². The Balaban J connectivity index is 1.44. The number of fused-ring (bicyclic) bond motifs is 1. The summed E-state index contributed by atoms with van der Waals surface area (Å²) in [4.78, 5) is 11.4. The Morgan fingerprint density at radius 3 is 3.09 bits per heavy atom. The van der Waals surface area contributed by atoms with E-state index < -0.39 is 6.10 Å². The topological polar surface area (TPSA) is 58.6 Å². The van der Waals surface area contributed by atoms with Gasteiger partial charge in [0.15, 0.2) is 0 Å². The van der Waals surface area contributed by atoms with Crippen molar-refractivity contribution in [1.82, 2.24) is 5.32 Å². The van der Waals surface area contributed by atoms with Crippen molar-refractivity contribution in [2.24, 2.45) is 11.3 Å². The van der Waals surface area contributed by atoms with E-state index in [0.29, 0.717) is 30.3 Å². The minimum atomic E-state index is -0.471. The second kappa shape index (κ2) is 5.52. The van der Waals surface area contributed by atoms with Crippen LogP contribution in [0.25, 0.3) is 0 Å². The van der Waals surface area contributed by atoms with Gasteiger partial charge in [0.1, 0.15) is 18.5 Å². The summed E-state index contributed by atoms with van der Waals surface area (Å²) in [7, 11) is 0. The molecular formula is C19H25NO3. The van der Waals surface area contributed by atoms with Crippen molar-refractivity contribution < 1.29 is 14.6 Å². The highest BCUT2D eigenvalue weighted by Gasteiger charge is 2.64. The number of hydrogen-bond donors (Lipinski definition) is 2. The van der Waals surface area contributed by atoms with E-state index in [0.717, 1.165) is 24.3 Å². The minimum absolute atomic E-state index is 0.145. The van der Waals surface area contributed by atoms with Gasteiger partial charge in [-0.05, 0) is 54.6 Å². The number of ether oxygens (including phenoxy) is 1. The van der Waals surface area contributed by atoms with Crippen molar-refractivity contribution in [3.63, 3.8) is 0 Å². The fourth-order valence-electron chi connectivity index (χ4n) is 4.73. The molecular weight excluding hydrogens is 290 g/mol. The molecule has 2 aliphatic carbocycles. The van der Waals surface area contributed by atoms with Crippen LogP contribution in [0.4, 0.5) is 0 Å². The molecule has 2 saturated carbocycles. The molecule has 4 heteroatoms. The van der Waals surface area contributed by atoms with Gasteiger partial charge in [0.2, 0.25) is 5.91 Å². The number of hydrogen-bond acceptors (Lipinski definition) is 3. The molecule has 124 valence electrons. The fourth-order valence-corrected chi connectivity index (χ4v) is 4.73. The Labute approximate surface area is 137 Å². The second-order valence-electron chi connectivity index (χ2n) is 7.30. The summed E-state index contributed by atoms with van der Waals surface area (Å²) in [6.45, 7) is 3.07. The van der Waals surface area contributed by atoms with E-state index >= 15 is 0 Å². The highest BCUT2D eigenvalue weighted by Crippen LogP contribution is 2.74. The minimum Gasteiger partial charge on any atom is -0.490 e. The number of nitrogens with one attached hydrogen (secondary N) is 1. The SMILES string of the molecule is CCC(=O)NCCC1CCC12CC2c1cccc2c1C(O)CO2. The average molecular weight is 315 g/mol. The molecule has 1 spiro atoms. The van der Waals surface area contributed by atoms with Crippen LogP contribution in [0.5, 0.6) is 5.75 Å². The molecule has 2 fully saturated rings. The summed E-state index contributed by atoms with van der Waals surface area (Å²) in [5, 5.41) is 13.2. The predicted octanol–water partition coefficient (Wildman–Crippen LogP) is 2.91. The van der Waals surface area contributed by atoms with Crippen molar-refractivity contribution >= 4 is 5.91 Å². The molecule has 0 radical (unpaired) electrons. The lowest BCUT2D eigenvalue weighted by Gasteiger charge is -2.39. The number of amides is 1. The maximum Gasteiger partial charge on any atom is 0.219 e. The largest absolute Gasteiger partial charge is 0.490 e. The van der Waals surface area contributed by atoms with Crippen LogP contribution < -0.4 is 10.1 Å². The van der Waals surface area contributed by atoms with Gasteiger partial charge in [-0.3, -0.25) is 4.79 Å². The first-order chi connectivity index (χ1) is 11.2. The third-order valence-electron chi connectivity index (χ3n) is 6.23. The average Bonchev–Trinajstić information content (AvgIpc) is 3.23. The number of carbonyl (C=O) groups excluding carboxylic acids is 1.